The van der Waals surface area contributed by atoms with Gasteiger partial charge in [0.1, 0.15) is 25.6 Å². The Labute approximate surface area is 224 Å². The lowest BCUT2D eigenvalue weighted by atomic mass is 10.3. The van der Waals surface area contributed by atoms with Gasteiger partial charge in [-0.3, -0.25) is 9.10 Å². The minimum absolute atomic E-state index is 0.0843. The molecule has 4 aromatic rings. The van der Waals surface area contributed by atoms with Crippen LogP contribution in [0.4, 0.5) is 15.8 Å². The van der Waals surface area contributed by atoms with Crippen LogP contribution in [-0.4, -0.2) is 34.1 Å². The van der Waals surface area contributed by atoms with Crippen molar-refractivity contribution in [1.29, 1.82) is 0 Å². The summed E-state index contributed by atoms with van der Waals surface area (Å²) in [6.45, 7) is 0.124. The predicted molar refractivity (Wildman–Crippen MR) is 144 cm³/mol. The smallest absolute Gasteiger partial charge is 0.264 e. The number of anilines is 2. The Hall–Kier alpha value is -4.02. The molecular formula is C28H23FN2O5S2. The molecule has 10 heteroatoms. The highest BCUT2D eigenvalue weighted by molar-refractivity contribution is 7.99. The largest absolute Gasteiger partial charge is 0.486 e. The van der Waals surface area contributed by atoms with E-state index in [-0.39, 0.29) is 10.6 Å². The van der Waals surface area contributed by atoms with E-state index in [2.05, 4.69) is 5.32 Å². The number of carbonyl (C=O) groups is 1. The molecule has 1 amide bonds. The van der Waals surface area contributed by atoms with Gasteiger partial charge in [0, 0.05) is 15.9 Å². The number of hydrogen-bond donors (Lipinski definition) is 1. The third-order valence-corrected chi connectivity index (χ3v) is 8.49. The molecule has 0 spiro atoms. The van der Waals surface area contributed by atoms with Gasteiger partial charge < -0.3 is 14.8 Å². The number of hydrogen-bond acceptors (Lipinski definition) is 6. The summed E-state index contributed by atoms with van der Waals surface area (Å²) in [5.41, 5.74) is 0.686. The molecule has 4 aromatic carbocycles. The van der Waals surface area contributed by atoms with Crippen molar-refractivity contribution in [3.05, 3.63) is 103 Å². The maximum absolute atomic E-state index is 13.8. The number of nitrogens with zero attached hydrogens (tertiary/aromatic N) is 1. The van der Waals surface area contributed by atoms with Crippen LogP contribution in [0.5, 0.6) is 11.5 Å². The summed E-state index contributed by atoms with van der Waals surface area (Å²) in [4.78, 5) is 14.9. The number of sulfonamides is 1. The average Bonchev–Trinajstić information content (AvgIpc) is 2.93. The molecule has 0 unspecified atom stereocenters. The van der Waals surface area contributed by atoms with E-state index < -0.39 is 28.3 Å². The van der Waals surface area contributed by atoms with Crippen LogP contribution < -0.4 is 19.1 Å². The van der Waals surface area contributed by atoms with E-state index in [4.69, 9.17) is 9.47 Å². The third-order valence-electron chi connectivity index (χ3n) is 5.64. The topological polar surface area (TPSA) is 84.9 Å². The summed E-state index contributed by atoms with van der Waals surface area (Å²) in [5.74, 6) is -0.347. The molecule has 0 saturated carbocycles. The fraction of sp³-hybridized carbons (Fsp3) is 0.107. The van der Waals surface area contributed by atoms with Gasteiger partial charge in [0.15, 0.2) is 11.5 Å². The molecule has 0 fully saturated rings. The number of rotatable bonds is 8. The molecule has 0 radical (unpaired) electrons. The van der Waals surface area contributed by atoms with Crippen LogP contribution in [0.1, 0.15) is 0 Å². The minimum Gasteiger partial charge on any atom is -0.486 e. The number of nitrogens with one attached hydrogen (secondary N) is 1. The van der Waals surface area contributed by atoms with E-state index in [0.29, 0.717) is 30.4 Å². The first-order valence-electron chi connectivity index (χ1n) is 11.7. The van der Waals surface area contributed by atoms with Crippen molar-refractivity contribution < 1.29 is 27.1 Å². The van der Waals surface area contributed by atoms with Crippen molar-refractivity contribution in [3.8, 4) is 11.5 Å². The number of halogens is 1. The summed E-state index contributed by atoms with van der Waals surface area (Å²) < 4.78 is 53.1. The lowest BCUT2D eigenvalue weighted by Gasteiger charge is -2.25. The number of para-hydroxylation sites is 1. The number of carbonyl (C=O) groups excluding carboxylic acids is 1. The first-order chi connectivity index (χ1) is 18.4. The van der Waals surface area contributed by atoms with Crippen LogP contribution in [0.2, 0.25) is 0 Å². The number of amides is 1. The maximum Gasteiger partial charge on any atom is 0.264 e. The molecule has 0 bridgehead atoms. The van der Waals surface area contributed by atoms with Crippen LogP contribution >= 0.6 is 11.8 Å². The predicted octanol–water partition coefficient (Wildman–Crippen LogP) is 5.58. The van der Waals surface area contributed by atoms with Gasteiger partial charge in [0.25, 0.3) is 10.0 Å². The highest BCUT2D eigenvalue weighted by atomic mass is 32.2. The van der Waals surface area contributed by atoms with Gasteiger partial charge in [0.05, 0.1) is 16.3 Å². The second-order valence-electron chi connectivity index (χ2n) is 8.25. The molecule has 5 rings (SSSR count). The molecule has 1 heterocycles. The van der Waals surface area contributed by atoms with Crippen LogP contribution in [0.15, 0.2) is 112 Å². The molecule has 1 N–H and O–H groups in total. The summed E-state index contributed by atoms with van der Waals surface area (Å²) >= 11 is 1.47. The highest BCUT2D eigenvalue weighted by Crippen LogP contribution is 2.35. The zero-order valence-corrected chi connectivity index (χ0v) is 21.7. The van der Waals surface area contributed by atoms with Gasteiger partial charge in [-0.25, -0.2) is 12.8 Å². The third kappa shape index (κ3) is 5.76. The molecule has 7 nitrogen and oxygen atoms in total. The van der Waals surface area contributed by atoms with E-state index in [1.165, 1.54) is 42.1 Å². The van der Waals surface area contributed by atoms with E-state index in [0.717, 1.165) is 26.2 Å². The van der Waals surface area contributed by atoms with Crippen LogP contribution in [0, 0.1) is 5.82 Å². The number of fused-ring (bicyclic) bond motifs is 1. The highest BCUT2D eigenvalue weighted by Gasteiger charge is 2.29. The quantitative estimate of drug-likeness (QED) is 0.308. The van der Waals surface area contributed by atoms with Crippen molar-refractivity contribution in [1.82, 2.24) is 0 Å². The van der Waals surface area contributed by atoms with Gasteiger partial charge in [-0.15, -0.1) is 0 Å². The van der Waals surface area contributed by atoms with Crippen LogP contribution in [0.25, 0.3) is 0 Å². The Bertz CT molecular complexity index is 1550. The normalized spacial score (nSPS) is 12.6. The summed E-state index contributed by atoms with van der Waals surface area (Å²) in [5, 5.41) is 2.83. The van der Waals surface area contributed by atoms with Gasteiger partial charge in [0.2, 0.25) is 5.91 Å². The maximum atomic E-state index is 13.8. The second kappa shape index (κ2) is 11.2. The lowest BCUT2D eigenvalue weighted by Crippen LogP contribution is -2.38. The van der Waals surface area contributed by atoms with Crippen molar-refractivity contribution in [2.75, 3.05) is 29.4 Å². The van der Waals surface area contributed by atoms with E-state index >= 15 is 0 Å². The Balaban J connectivity index is 1.43. The van der Waals surface area contributed by atoms with E-state index in [1.54, 1.807) is 12.1 Å². The minimum atomic E-state index is -4.24. The Kier molecular flexibility index (Phi) is 7.52. The molecule has 0 aliphatic carbocycles. The number of ether oxygens (including phenoxy) is 2. The Morgan fingerprint density at radius 1 is 0.868 bits per heavy atom. The molecular weight excluding hydrogens is 527 g/mol. The summed E-state index contributed by atoms with van der Waals surface area (Å²) in [6, 6.07) is 26.1. The Morgan fingerprint density at radius 2 is 1.55 bits per heavy atom. The first kappa shape index (κ1) is 25.6. The average molecular weight is 551 g/mol. The fourth-order valence-electron chi connectivity index (χ4n) is 3.83. The van der Waals surface area contributed by atoms with Crippen LogP contribution in [0.3, 0.4) is 0 Å². The van der Waals surface area contributed by atoms with Crippen molar-refractivity contribution >= 4 is 39.1 Å². The molecule has 1 aliphatic heterocycles. The first-order valence-corrected chi connectivity index (χ1v) is 14.0. The number of benzene rings is 4. The monoisotopic (exact) mass is 550 g/mol. The lowest BCUT2D eigenvalue weighted by molar-refractivity contribution is -0.114. The van der Waals surface area contributed by atoms with Gasteiger partial charge in [-0.05, 0) is 60.7 Å². The van der Waals surface area contributed by atoms with Gasteiger partial charge in [-0.2, -0.15) is 0 Å². The van der Waals surface area contributed by atoms with E-state index in [1.807, 2.05) is 42.5 Å². The fourth-order valence-corrected chi connectivity index (χ4v) is 6.19. The van der Waals surface area contributed by atoms with Crippen molar-refractivity contribution in [2.24, 2.45) is 0 Å². The Morgan fingerprint density at radius 3 is 2.32 bits per heavy atom. The molecule has 0 atom stereocenters. The summed E-state index contributed by atoms with van der Waals surface area (Å²) in [6.07, 6.45) is 0. The van der Waals surface area contributed by atoms with Crippen molar-refractivity contribution in [2.45, 2.75) is 14.7 Å². The summed E-state index contributed by atoms with van der Waals surface area (Å²) in [7, 11) is -4.24. The SMILES string of the molecule is O=C(CN(c1ccc(F)cc1)S(=O)(=O)c1ccc2c(c1)OCCO2)Nc1ccccc1Sc1ccccc1. The zero-order chi connectivity index (χ0) is 26.5. The van der Waals surface area contributed by atoms with Gasteiger partial charge in [-0.1, -0.05) is 42.1 Å². The standard InChI is InChI=1S/C28H23FN2O5S2/c29-20-10-12-21(13-11-20)31(38(33,34)23-14-15-25-26(18-23)36-17-16-35-25)19-28(32)30-24-8-4-5-9-27(24)37-22-6-2-1-3-7-22/h1-15,18H,16-17,19H2,(H,30,32). The molecule has 0 saturated heterocycles. The second-order valence-corrected chi connectivity index (χ2v) is 11.2. The van der Waals surface area contributed by atoms with Gasteiger partial charge >= 0.3 is 0 Å². The molecule has 194 valence electrons. The zero-order valence-electron chi connectivity index (χ0n) is 20.0. The molecule has 38 heavy (non-hydrogen) atoms. The molecule has 1 aliphatic rings. The van der Waals surface area contributed by atoms with Crippen molar-refractivity contribution in [3.63, 3.8) is 0 Å². The molecule has 0 aromatic heterocycles. The van der Waals surface area contributed by atoms with E-state index in [9.17, 15) is 17.6 Å². The van der Waals surface area contributed by atoms with Crippen LogP contribution in [-0.2, 0) is 14.8 Å².